The van der Waals surface area contributed by atoms with E-state index in [1.165, 1.54) is 17.0 Å². The lowest BCUT2D eigenvalue weighted by atomic mass is 10.1. The van der Waals surface area contributed by atoms with Crippen molar-refractivity contribution in [1.29, 1.82) is 0 Å². The number of hydrogen-bond donors (Lipinski definition) is 3. The van der Waals surface area contributed by atoms with Crippen molar-refractivity contribution >= 4 is 29.2 Å². The molecule has 0 aliphatic carbocycles. The number of aromatic nitrogens is 2. The van der Waals surface area contributed by atoms with Crippen LogP contribution >= 0.6 is 0 Å². The molecule has 3 amide bonds. The number of primary amides is 1. The maximum atomic E-state index is 14.6. The second-order valence-corrected chi connectivity index (χ2v) is 10.3. The standard InChI is InChI=1S/C32H40FN7O4/c1-6-26-28(24-14-7-8-15-25(24)33)38-31(29(37-26)30(34)42)36-22-12-9-13-23(20-22)44-19-11-17-35-32(43)21(2)40(5)27(41)16-10-18-39(3)4/h7-10,12-16,20-21H,6,11,17-19H2,1-5H3,(H2,34,42)(H,35,43)(H,36,38)/b16-10+/t21-/m0/s1. The number of aryl methyl sites for hydroxylation is 1. The van der Waals surface area contributed by atoms with Crippen molar-refractivity contribution in [2.45, 2.75) is 32.7 Å². The lowest BCUT2D eigenvalue weighted by Crippen LogP contribution is -2.45. The Hall–Kier alpha value is -4.84. The van der Waals surface area contributed by atoms with E-state index < -0.39 is 17.8 Å². The first-order valence-electron chi connectivity index (χ1n) is 14.3. The minimum Gasteiger partial charge on any atom is -0.493 e. The number of amides is 3. The van der Waals surface area contributed by atoms with Gasteiger partial charge in [0.15, 0.2) is 11.5 Å². The Bertz CT molecular complexity index is 1500. The fourth-order valence-electron chi connectivity index (χ4n) is 4.12. The number of nitrogens with two attached hydrogens (primary N) is 1. The predicted molar refractivity (Wildman–Crippen MR) is 168 cm³/mol. The third-order valence-electron chi connectivity index (χ3n) is 6.69. The summed E-state index contributed by atoms with van der Waals surface area (Å²) < 4.78 is 20.5. The molecule has 4 N–H and O–H groups in total. The quantitative estimate of drug-likeness (QED) is 0.176. The normalized spacial score (nSPS) is 11.8. The van der Waals surface area contributed by atoms with E-state index in [1.807, 2.05) is 25.9 Å². The van der Waals surface area contributed by atoms with Crippen molar-refractivity contribution in [3.63, 3.8) is 0 Å². The minimum absolute atomic E-state index is 0.0600. The SMILES string of the molecule is CCc1nc(C(N)=O)c(Nc2cccc(OCCCNC(=O)[C@H](C)N(C)C(=O)/C=C/CN(C)C)c2)nc1-c1ccccc1F. The van der Waals surface area contributed by atoms with Crippen LogP contribution < -0.4 is 21.1 Å². The minimum atomic E-state index is -0.769. The zero-order chi connectivity index (χ0) is 32.2. The third-order valence-corrected chi connectivity index (χ3v) is 6.69. The van der Waals surface area contributed by atoms with Gasteiger partial charge in [-0.3, -0.25) is 14.4 Å². The van der Waals surface area contributed by atoms with Gasteiger partial charge in [-0.15, -0.1) is 0 Å². The van der Waals surface area contributed by atoms with Crippen LogP contribution in [0.5, 0.6) is 5.75 Å². The van der Waals surface area contributed by atoms with Gasteiger partial charge in [0.1, 0.15) is 17.6 Å². The fraction of sp³-hybridized carbons (Fsp3) is 0.344. The van der Waals surface area contributed by atoms with E-state index in [2.05, 4.69) is 20.6 Å². The van der Waals surface area contributed by atoms with Crippen molar-refractivity contribution in [2.75, 3.05) is 46.2 Å². The van der Waals surface area contributed by atoms with Crippen LogP contribution in [0.15, 0.2) is 60.7 Å². The van der Waals surface area contributed by atoms with Crippen LogP contribution in [-0.4, -0.2) is 84.4 Å². The molecule has 2 aromatic carbocycles. The van der Waals surface area contributed by atoms with E-state index in [0.29, 0.717) is 55.4 Å². The van der Waals surface area contributed by atoms with Gasteiger partial charge in [0, 0.05) is 43.5 Å². The van der Waals surface area contributed by atoms with E-state index in [4.69, 9.17) is 10.5 Å². The molecule has 0 radical (unpaired) electrons. The molecule has 0 fully saturated rings. The highest BCUT2D eigenvalue weighted by Gasteiger charge is 2.21. The highest BCUT2D eigenvalue weighted by molar-refractivity contribution is 5.97. The van der Waals surface area contributed by atoms with Crippen LogP contribution in [0.4, 0.5) is 15.9 Å². The number of halogens is 1. The summed E-state index contributed by atoms with van der Waals surface area (Å²) >= 11 is 0. The monoisotopic (exact) mass is 605 g/mol. The summed E-state index contributed by atoms with van der Waals surface area (Å²) in [5, 5.41) is 5.90. The number of likely N-dealkylation sites (N-methyl/N-ethyl adjacent to an activating group) is 2. The molecule has 0 saturated heterocycles. The van der Waals surface area contributed by atoms with Gasteiger partial charge in [-0.05, 0) is 58.1 Å². The Morgan fingerprint density at radius 2 is 1.84 bits per heavy atom. The van der Waals surface area contributed by atoms with Gasteiger partial charge in [0.05, 0.1) is 18.0 Å². The van der Waals surface area contributed by atoms with Crippen molar-refractivity contribution < 1.29 is 23.5 Å². The van der Waals surface area contributed by atoms with Gasteiger partial charge in [0.2, 0.25) is 11.8 Å². The van der Waals surface area contributed by atoms with E-state index in [0.717, 1.165) is 0 Å². The predicted octanol–water partition coefficient (Wildman–Crippen LogP) is 3.54. The highest BCUT2D eigenvalue weighted by atomic mass is 19.1. The van der Waals surface area contributed by atoms with E-state index >= 15 is 0 Å². The van der Waals surface area contributed by atoms with Crippen LogP contribution in [0.25, 0.3) is 11.3 Å². The van der Waals surface area contributed by atoms with Crippen LogP contribution in [0.2, 0.25) is 0 Å². The topological polar surface area (TPSA) is 143 Å². The molecule has 3 aromatic rings. The molecule has 234 valence electrons. The van der Waals surface area contributed by atoms with Crippen molar-refractivity contribution in [3.8, 4) is 17.0 Å². The lowest BCUT2D eigenvalue weighted by molar-refractivity contribution is -0.135. The number of nitrogens with zero attached hydrogens (tertiary/aromatic N) is 4. The van der Waals surface area contributed by atoms with Crippen LogP contribution in [-0.2, 0) is 16.0 Å². The summed E-state index contributed by atoms with van der Waals surface area (Å²) in [6.45, 7) is 4.81. The van der Waals surface area contributed by atoms with E-state index in [9.17, 15) is 18.8 Å². The fourth-order valence-corrected chi connectivity index (χ4v) is 4.12. The van der Waals surface area contributed by atoms with Crippen LogP contribution in [0.3, 0.4) is 0 Å². The van der Waals surface area contributed by atoms with Crippen LogP contribution in [0, 0.1) is 5.82 Å². The Kier molecular flexibility index (Phi) is 12.3. The number of ether oxygens (including phenoxy) is 1. The van der Waals surface area contributed by atoms with Gasteiger partial charge in [-0.25, -0.2) is 14.4 Å². The number of hydrogen-bond acceptors (Lipinski definition) is 8. The molecule has 1 aromatic heterocycles. The number of benzene rings is 2. The van der Waals surface area contributed by atoms with Gasteiger partial charge in [0.25, 0.3) is 5.91 Å². The Morgan fingerprint density at radius 1 is 1.09 bits per heavy atom. The number of carbonyl (C=O) groups excluding carboxylic acids is 3. The van der Waals surface area contributed by atoms with Gasteiger partial charge in [-0.1, -0.05) is 31.2 Å². The summed E-state index contributed by atoms with van der Waals surface area (Å²) in [5.41, 5.74) is 7.13. The average Bonchev–Trinajstić information content (AvgIpc) is 3.00. The lowest BCUT2D eigenvalue weighted by Gasteiger charge is -2.23. The van der Waals surface area contributed by atoms with Gasteiger partial charge < -0.3 is 30.9 Å². The third kappa shape index (κ3) is 9.33. The second kappa shape index (κ2) is 16.1. The Labute approximate surface area is 257 Å². The summed E-state index contributed by atoms with van der Waals surface area (Å²) in [4.78, 5) is 49.3. The van der Waals surface area contributed by atoms with Gasteiger partial charge in [-0.2, -0.15) is 0 Å². The second-order valence-electron chi connectivity index (χ2n) is 10.3. The Morgan fingerprint density at radius 3 is 2.52 bits per heavy atom. The maximum absolute atomic E-state index is 14.6. The molecule has 11 nitrogen and oxygen atoms in total. The van der Waals surface area contributed by atoms with E-state index in [1.54, 1.807) is 62.5 Å². The first-order chi connectivity index (χ1) is 21.0. The molecular formula is C32H40FN7O4. The molecule has 0 spiro atoms. The number of rotatable bonds is 15. The molecule has 0 aliphatic heterocycles. The molecule has 1 atom stereocenters. The Balaban J connectivity index is 1.59. The number of anilines is 2. The molecule has 3 rings (SSSR count). The largest absolute Gasteiger partial charge is 0.493 e. The maximum Gasteiger partial charge on any atom is 0.271 e. The smallest absolute Gasteiger partial charge is 0.271 e. The number of nitrogens with one attached hydrogen (secondary N) is 2. The molecule has 44 heavy (non-hydrogen) atoms. The molecule has 1 heterocycles. The van der Waals surface area contributed by atoms with Crippen molar-refractivity contribution in [3.05, 3.63) is 77.9 Å². The van der Waals surface area contributed by atoms with E-state index in [-0.39, 0.29) is 28.9 Å². The molecule has 0 unspecified atom stereocenters. The van der Waals surface area contributed by atoms with Crippen molar-refractivity contribution in [2.24, 2.45) is 5.73 Å². The highest BCUT2D eigenvalue weighted by Crippen LogP contribution is 2.29. The molecule has 12 heteroatoms. The first kappa shape index (κ1) is 33.7. The van der Waals surface area contributed by atoms with Crippen LogP contribution in [0.1, 0.15) is 36.5 Å². The molecule has 0 aliphatic rings. The summed E-state index contributed by atoms with van der Waals surface area (Å²) in [5.74, 6) is -1.09. The number of carbonyl (C=O) groups is 3. The summed E-state index contributed by atoms with van der Waals surface area (Å²) in [6.07, 6.45) is 4.16. The van der Waals surface area contributed by atoms with Gasteiger partial charge >= 0.3 is 0 Å². The first-order valence-corrected chi connectivity index (χ1v) is 14.3. The molecular weight excluding hydrogens is 565 g/mol. The summed E-state index contributed by atoms with van der Waals surface area (Å²) in [7, 11) is 5.40. The zero-order valence-corrected chi connectivity index (χ0v) is 25.8. The van der Waals surface area contributed by atoms with Crippen molar-refractivity contribution in [1.82, 2.24) is 25.1 Å². The molecule has 0 bridgehead atoms. The molecule has 0 saturated carbocycles. The summed E-state index contributed by atoms with van der Waals surface area (Å²) in [6, 6.07) is 12.6. The zero-order valence-electron chi connectivity index (χ0n) is 25.8. The average molecular weight is 606 g/mol.